The van der Waals surface area contributed by atoms with E-state index in [9.17, 15) is 4.39 Å². The molecule has 82 valence electrons. The fourth-order valence-electron chi connectivity index (χ4n) is 2.03. The van der Waals surface area contributed by atoms with Crippen LogP contribution < -0.4 is 5.32 Å². The molecular formula is C11H11FN4. The third kappa shape index (κ3) is 1.49. The predicted octanol–water partition coefficient (Wildman–Crippen LogP) is 1.11. The van der Waals surface area contributed by atoms with Gasteiger partial charge in [0, 0.05) is 6.54 Å². The standard InChI is InChI=1S/C11H11FN4/c12-9-3-1-8(2-4-9)11-10-7-14-15-16(10)6-5-13-11/h1-4,7,11,13H,5-6H2. The van der Waals surface area contributed by atoms with E-state index in [-0.39, 0.29) is 11.9 Å². The summed E-state index contributed by atoms with van der Waals surface area (Å²) in [6.07, 6.45) is 1.75. The molecule has 3 rings (SSSR count). The summed E-state index contributed by atoms with van der Waals surface area (Å²) in [6.45, 7) is 1.67. The van der Waals surface area contributed by atoms with Crippen LogP contribution in [-0.2, 0) is 6.54 Å². The lowest BCUT2D eigenvalue weighted by atomic mass is 10.0. The van der Waals surface area contributed by atoms with Crippen LogP contribution in [0.3, 0.4) is 0 Å². The molecule has 0 fully saturated rings. The summed E-state index contributed by atoms with van der Waals surface area (Å²) in [5, 5.41) is 11.3. The maximum absolute atomic E-state index is 12.8. The van der Waals surface area contributed by atoms with Gasteiger partial charge in [-0.1, -0.05) is 17.3 Å². The fraction of sp³-hybridized carbons (Fsp3) is 0.273. The van der Waals surface area contributed by atoms with E-state index in [1.165, 1.54) is 12.1 Å². The van der Waals surface area contributed by atoms with Crippen molar-refractivity contribution in [2.45, 2.75) is 12.6 Å². The summed E-state index contributed by atoms with van der Waals surface area (Å²) in [5.74, 6) is -0.216. The maximum Gasteiger partial charge on any atom is 0.123 e. The lowest BCUT2D eigenvalue weighted by molar-refractivity contribution is 0.430. The van der Waals surface area contributed by atoms with Crippen molar-refractivity contribution in [1.82, 2.24) is 20.3 Å². The Hall–Kier alpha value is -1.75. The average molecular weight is 218 g/mol. The number of fused-ring (bicyclic) bond motifs is 1. The number of aromatic nitrogens is 3. The molecule has 0 bridgehead atoms. The second kappa shape index (κ2) is 3.68. The minimum Gasteiger partial charge on any atom is -0.303 e. The molecule has 5 heteroatoms. The summed E-state index contributed by atoms with van der Waals surface area (Å²) in [6, 6.07) is 6.58. The summed E-state index contributed by atoms with van der Waals surface area (Å²) < 4.78 is 14.7. The lowest BCUT2D eigenvalue weighted by Gasteiger charge is -2.24. The Morgan fingerprint density at radius 3 is 2.94 bits per heavy atom. The van der Waals surface area contributed by atoms with Crippen molar-refractivity contribution in [3.63, 3.8) is 0 Å². The van der Waals surface area contributed by atoms with Crippen LogP contribution in [0.15, 0.2) is 30.5 Å². The molecule has 1 atom stereocenters. The largest absolute Gasteiger partial charge is 0.303 e. The Morgan fingerprint density at radius 1 is 1.31 bits per heavy atom. The smallest absolute Gasteiger partial charge is 0.123 e. The number of benzene rings is 1. The molecule has 4 nitrogen and oxygen atoms in total. The van der Waals surface area contributed by atoms with Crippen LogP contribution in [-0.4, -0.2) is 21.5 Å². The molecule has 16 heavy (non-hydrogen) atoms. The van der Waals surface area contributed by atoms with E-state index in [0.717, 1.165) is 24.3 Å². The van der Waals surface area contributed by atoms with Gasteiger partial charge >= 0.3 is 0 Å². The van der Waals surface area contributed by atoms with Crippen molar-refractivity contribution >= 4 is 0 Å². The zero-order valence-electron chi connectivity index (χ0n) is 8.60. The Bertz CT molecular complexity index is 491. The molecule has 0 saturated heterocycles. The minimum absolute atomic E-state index is 0.0596. The predicted molar refractivity (Wildman–Crippen MR) is 56.3 cm³/mol. The van der Waals surface area contributed by atoms with Crippen LogP contribution in [0.1, 0.15) is 17.3 Å². The molecule has 2 aromatic rings. The molecule has 1 aromatic heterocycles. The third-order valence-corrected chi connectivity index (χ3v) is 2.82. The Kier molecular flexibility index (Phi) is 2.18. The van der Waals surface area contributed by atoms with Gasteiger partial charge < -0.3 is 5.32 Å². The van der Waals surface area contributed by atoms with Crippen molar-refractivity contribution in [3.8, 4) is 0 Å². The second-order valence-electron chi connectivity index (χ2n) is 3.82. The first-order chi connectivity index (χ1) is 7.84. The minimum atomic E-state index is -0.216. The number of hydrogen-bond donors (Lipinski definition) is 1. The van der Waals surface area contributed by atoms with E-state index in [4.69, 9.17) is 0 Å². The van der Waals surface area contributed by atoms with Crippen molar-refractivity contribution in [1.29, 1.82) is 0 Å². The molecule has 0 saturated carbocycles. The normalized spacial score (nSPS) is 19.4. The Labute approximate surface area is 92.1 Å². The number of halogens is 1. The SMILES string of the molecule is Fc1ccc(C2NCCn3nncc32)cc1. The Balaban J connectivity index is 2.00. The highest BCUT2D eigenvalue weighted by Crippen LogP contribution is 2.23. The highest BCUT2D eigenvalue weighted by Gasteiger charge is 2.22. The quantitative estimate of drug-likeness (QED) is 0.779. The van der Waals surface area contributed by atoms with Crippen LogP contribution >= 0.6 is 0 Å². The summed E-state index contributed by atoms with van der Waals surface area (Å²) in [4.78, 5) is 0. The van der Waals surface area contributed by atoms with E-state index in [1.54, 1.807) is 18.3 Å². The molecule has 0 amide bonds. The van der Waals surface area contributed by atoms with Gasteiger partial charge in [-0.25, -0.2) is 9.07 Å². The van der Waals surface area contributed by atoms with Crippen LogP contribution in [0, 0.1) is 5.82 Å². The molecule has 0 aliphatic carbocycles. The molecule has 0 spiro atoms. The first-order valence-corrected chi connectivity index (χ1v) is 5.22. The van der Waals surface area contributed by atoms with Gasteiger partial charge in [-0.2, -0.15) is 0 Å². The molecule has 2 heterocycles. The van der Waals surface area contributed by atoms with Crippen molar-refractivity contribution in [2.75, 3.05) is 6.54 Å². The monoisotopic (exact) mass is 218 g/mol. The van der Waals surface area contributed by atoms with Crippen LogP contribution in [0.4, 0.5) is 4.39 Å². The second-order valence-corrected chi connectivity index (χ2v) is 3.82. The molecule has 1 aliphatic rings. The van der Waals surface area contributed by atoms with Crippen LogP contribution in [0.5, 0.6) is 0 Å². The molecular weight excluding hydrogens is 207 g/mol. The molecule has 1 unspecified atom stereocenters. The van der Waals surface area contributed by atoms with Crippen LogP contribution in [0.25, 0.3) is 0 Å². The van der Waals surface area contributed by atoms with Crippen LogP contribution in [0.2, 0.25) is 0 Å². The number of nitrogens with zero attached hydrogens (tertiary/aromatic N) is 3. The van der Waals surface area contributed by atoms with Crippen molar-refractivity contribution in [2.24, 2.45) is 0 Å². The van der Waals surface area contributed by atoms with E-state index in [0.29, 0.717) is 0 Å². The van der Waals surface area contributed by atoms with E-state index < -0.39 is 0 Å². The van der Waals surface area contributed by atoms with E-state index in [1.807, 2.05) is 4.68 Å². The van der Waals surface area contributed by atoms with Gasteiger partial charge in [-0.05, 0) is 17.7 Å². The van der Waals surface area contributed by atoms with Crippen molar-refractivity contribution < 1.29 is 4.39 Å². The fourth-order valence-corrected chi connectivity index (χ4v) is 2.03. The lowest BCUT2D eigenvalue weighted by Crippen LogP contribution is -2.34. The zero-order chi connectivity index (χ0) is 11.0. The highest BCUT2D eigenvalue weighted by atomic mass is 19.1. The number of rotatable bonds is 1. The maximum atomic E-state index is 12.8. The average Bonchev–Trinajstić information content (AvgIpc) is 2.78. The Morgan fingerprint density at radius 2 is 2.12 bits per heavy atom. The topological polar surface area (TPSA) is 42.7 Å². The van der Waals surface area contributed by atoms with Gasteiger partial charge in [0.2, 0.25) is 0 Å². The van der Waals surface area contributed by atoms with Gasteiger partial charge in [0.25, 0.3) is 0 Å². The van der Waals surface area contributed by atoms with Crippen molar-refractivity contribution in [3.05, 3.63) is 47.5 Å². The molecule has 1 aromatic carbocycles. The first-order valence-electron chi connectivity index (χ1n) is 5.22. The zero-order valence-corrected chi connectivity index (χ0v) is 8.60. The van der Waals surface area contributed by atoms with Gasteiger partial charge in [-0.3, -0.25) is 0 Å². The van der Waals surface area contributed by atoms with Gasteiger partial charge in [-0.15, -0.1) is 5.10 Å². The van der Waals surface area contributed by atoms with E-state index in [2.05, 4.69) is 15.6 Å². The molecule has 1 aliphatic heterocycles. The highest BCUT2D eigenvalue weighted by molar-refractivity contribution is 5.27. The molecule has 1 N–H and O–H groups in total. The number of hydrogen-bond acceptors (Lipinski definition) is 3. The van der Waals surface area contributed by atoms with E-state index >= 15 is 0 Å². The van der Waals surface area contributed by atoms with Gasteiger partial charge in [0.1, 0.15) is 5.82 Å². The summed E-state index contributed by atoms with van der Waals surface area (Å²) in [5.41, 5.74) is 2.06. The molecule has 0 radical (unpaired) electrons. The number of nitrogens with one attached hydrogen (secondary N) is 1. The first kappa shape index (κ1) is 9.47. The summed E-state index contributed by atoms with van der Waals surface area (Å²) >= 11 is 0. The van der Waals surface area contributed by atoms with Gasteiger partial charge in [0.15, 0.2) is 0 Å². The van der Waals surface area contributed by atoms with Gasteiger partial charge in [0.05, 0.1) is 24.5 Å². The summed E-state index contributed by atoms with van der Waals surface area (Å²) in [7, 11) is 0. The third-order valence-electron chi connectivity index (χ3n) is 2.82.